The number of carbonyl (C=O) groups excluding carboxylic acids is 1. The number of aryl methyl sites for hydroxylation is 2. The molecule has 0 unspecified atom stereocenters. The number of nitrogens with two attached hydrogens (primary N) is 1. The lowest BCUT2D eigenvalue weighted by atomic mass is 10.2. The monoisotopic (exact) mass is 297 g/mol. The number of hydrogen-bond acceptors (Lipinski definition) is 2. The Hall–Kier alpha value is -1.65. The third kappa shape index (κ3) is 2.69. The lowest BCUT2D eigenvalue weighted by Crippen LogP contribution is -2.16. The summed E-state index contributed by atoms with van der Waals surface area (Å²) in [7, 11) is 1.74. The minimum atomic E-state index is -0.311. The first kappa shape index (κ1) is 13.8. The molecule has 0 bridgehead atoms. The normalized spacial score (nSPS) is 10.5. The Morgan fingerprint density at radius 1 is 1.37 bits per heavy atom. The molecule has 4 nitrogen and oxygen atoms in total. The minimum Gasteiger partial charge on any atom is -0.397 e. The summed E-state index contributed by atoms with van der Waals surface area (Å²) >= 11 is 12.2. The van der Waals surface area contributed by atoms with Crippen molar-refractivity contribution in [3.8, 4) is 0 Å². The first-order valence-corrected chi connectivity index (χ1v) is 6.33. The Morgan fingerprint density at radius 2 is 2.05 bits per heavy atom. The second-order valence-electron chi connectivity index (χ2n) is 4.28. The van der Waals surface area contributed by atoms with Gasteiger partial charge < -0.3 is 15.6 Å². The van der Waals surface area contributed by atoms with Crippen molar-refractivity contribution in [3.63, 3.8) is 0 Å². The van der Waals surface area contributed by atoms with E-state index in [2.05, 4.69) is 5.32 Å². The number of anilines is 2. The van der Waals surface area contributed by atoms with Crippen LogP contribution >= 0.6 is 23.2 Å². The summed E-state index contributed by atoms with van der Waals surface area (Å²) in [6, 6.07) is 5.07. The number of rotatable bonds is 2. The van der Waals surface area contributed by atoms with Crippen LogP contribution in [0.1, 0.15) is 16.1 Å². The fourth-order valence-electron chi connectivity index (χ4n) is 1.76. The molecule has 0 atom stereocenters. The number of carbonyl (C=O) groups is 1. The Morgan fingerprint density at radius 3 is 2.63 bits per heavy atom. The van der Waals surface area contributed by atoms with E-state index in [0.717, 1.165) is 5.56 Å². The van der Waals surface area contributed by atoms with E-state index >= 15 is 0 Å². The largest absolute Gasteiger partial charge is 0.397 e. The third-order valence-electron chi connectivity index (χ3n) is 2.78. The van der Waals surface area contributed by atoms with E-state index in [4.69, 9.17) is 28.9 Å². The van der Waals surface area contributed by atoms with Crippen LogP contribution in [-0.2, 0) is 7.05 Å². The first-order chi connectivity index (χ1) is 8.90. The number of nitrogens with one attached hydrogen (secondary N) is 1. The third-order valence-corrected chi connectivity index (χ3v) is 3.58. The molecule has 6 heteroatoms. The molecule has 0 aliphatic heterocycles. The van der Waals surface area contributed by atoms with Gasteiger partial charge in [-0.15, -0.1) is 0 Å². The Balaban J connectivity index is 2.34. The predicted octanol–water partition coefficient (Wildman–Crippen LogP) is 3.47. The zero-order valence-electron chi connectivity index (χ0n) is 10.5. The van der Waals surface area contributed by atoms with Crippen LogP contribution in [0.4, 0.5) is 11.4 Å². The van der Waals surface area contributed by atoms with E-state index in [1.165, 1.54) is 0 Å². The van der Waals surface area contributed by atoms with Crippen molar-refractivity contribution in [2.24, 2.45) is 7.05 Å². The van der Waals surface area contributed by atoms with Crippen LogP contribution in [0.25, 0.3) is 0 Å². The molecule has 0 aliphatic carbocycles. The molecule has 0 saturated carbocycles. The van der Waals surface area contributed by atoms with Gasteiger partial charge in [-0.3, -0.25) is 4.79 Å². The van der Waals surface area contributed by atoms with Crippen LogP contribution in [0.2, 0.25) is 10.0 Å². The van der Waals surface area contributed by atoms with Gasteiger partial charge in [-0.25, -0.2) is 0 Å². The number of aromatic nitrogens is 1. The maximum Gasteiger partial charge on any atom is 0.272 e. The highest BCUT2D eigenvalue weighted by Gasteiger charge is 2.15. The first-order valence-electron chi connectivity index (χ1n) is 5.58. The topological polar surface area (TPSA) is 60.1 Å². The Kier molecular flexibility index (Phi) is 3.73. The molecule has 1 amide bonds. The zero-order chi connectivity index (χ0) is 14.2. The molecule has 100 valence electrons. The molecule has 1 aromatic heterocycles. The average molecular weight is 298 g/mol. The standard InChI is InChI=1S/C13H13Cl2N3O/c1-7-3-4-9(14)12(11(7)15)17-13(19)10-5-8(16)6-18(10)2/h3-6H,16H2,1-2H3,(H,17,19). The van der Waals surface area contributed by atoms with E-state index in [1.807, 2.05) is 6.92 Å². The maximum atomic E-state index is 12.2. The smallest absolute Gasteiger partial charge is 0.272 e. The van der Waals surface area contributed by atoms with Gasteiger partial charge in [-0.1, -0.05) is 29.3 Å². The molecule has 0 saturated heterocycles. The van der Waals surface area contributed by atoms with Gasteiger partial charge in [0.05, 0.1) is 21.4 Å². The summed E-state index contributed by atoms with van der Waals surface area (Å²) in [6.07, 6.45) is 1.66. The van der Waals surface area contributed by atoms with E-state index in [-0.39, 0.29) is 5.91 Å². The van der Waals surface area contributed by atoms with Crippen molar-refractivity contribution < 1.29 is 4.79 Å². The summed E-state index contributed by atoms with van der Waals surface area (Å²) in [6.45, 7) is 1.84. The van der Waals surface area contributed by atoms with E-state index in [9.17, 15) is 4.79 Å². The summed E-state index contributed by atoms with van der Waals surface area (Å²) in [5.41, 5.74) is 7.85. The number of nitrogen functional groups attached to an aromatic ring is 1. The SMILES string of the molecule is Cc1ccc(Cl)c(NC(=O)c2cc(N)cn2C)c1Cl. The number of benzene rings is 1. The Bertz CT molecular complexity index is 650. The number of amides is 1. The summed E-state index contributed by atoms with van der Waals surface area (Å²) in [4.78, 5) is 12.2. The van der Waals surface area contributed by atoms with Crippen LogP contribution in [0.15, 0.2) is 24.4 Å². The highest BCUT2D eigenvalue weighted by Crippen LogP contribution is 2.33. The van der Waals surface area contributed by atoms with Gasteiger partial charge in [0.25, 0.3) is 5.91 Å². The van der Waals surface area contributed by atoms with Gasteiger partial charge in [0.2, 0.25) is 0 Å². The molecule has 2 aromatic rings. The van der Waals surface area contributed by atoms with Gasteiger partial charge >= 0.3 is 0 Å². The average Bonchev–Trinajstić information content (AvgIpc) is 2.69. The zero-order valence-corrected chi connectivity index (χ0v) is 12.0. The molecular weight excluding hydrogens is 285 g/mol. The second-order valence-corrected chi connectivity index (χ2v) is 5.06. The molecule has 1 heterocycles. The highest BCUT2D eigenvalue weighted by molar-refractivity contribution is 6.40. The maximum absolute atomic E-state index is 12.2. The van der Waals surface area contributed by atoms with Crippen molar-refractivity contribution in [1.82, 2.24) is 4.57 Å². The van der Waals surface area contributed by atoms with Gasteiger partial charge in [0.15, 0.2) is 0 Å². The molecule has 3 N–H and O–H groups in total. The van der Waals surface area contributed by atoms with Crippen molar-refractivity contribution >= 4 is 40.5 Å². The summed E-state index contributed by atoms with van der Waals surface area (Å²) in [5, 5.41) is 3.54. The fourth-order valence-corrected chi connectivity index (χ4v) is 2.23. The van der Waals surface area contributed by atoms with Crippen LogP contribution in [0.5, 0.6) is 0 Å². The quantitative estimate of drug-likeness (QED) is 0.891. The van der Waals surface area contributed by atoms with Crippen molar-refractivity contribution in [2.45, 2.75) is 6.92 Å². The number of nitrogens with zero attached hydrogens (tertiary/aromatic N) is 1. The predicted molar refractivity (Wildman–Crippen MR) is 79.0 cm³/mol. The molecule has 0 spiro atoms. The molecular formula is C13H13Cl2N3O. The van der Waals surface area contributed by atoms with Crippen LogP contribution in [0, 0.1) is 6.92 Å². The van der Waals surface area contributed by atoms with Crippen molar-refractivity contribution in [1.29, 1.82) is 0 Å². The van der Waals surface area contributed by atoms with Gasteiger partial charge in [-0.05, 0) is 24.6 Å². The van der Waals surface area contributed by atoms with Gasteiger partial charge in [0.1, 0.15) is 5.69 Å². The van der Waals surface area contributed by atoms with Crippen molar-refractivity contribution in [3.05, 3.63) is 45.7 Å². The van der Waals surface area contributed by atoms with Gasteiger partial charge in [-0.2, -0.15) is 0 Å². The lowest BCUT2D eigenvalue weighted by Gasteiger charge is -2.11. The van der Waals surface area contributed by atoms with E-state index in [0.29, 0.717) is 27.1 Å². The Labute approximate surface area is 121 Å². The van der Waals surface area contributed by atoms with Gasteiger partial charge in [0, 0.05) is 13.2 Å². The molecule has 2 rings (SSSR count). The molecule has 0 fully saturated rings. The number of hydrogen-bond donors (Lipinski definition) is 2. The fraction of sp³-hybridized carbons (Fsp3) is 0.154. The lowest BCUT2D eigenvalue weighted by molar-refractivity contribution is 0.101. The molecule has 0 aliphatic rings. The summed E-state index contributed by atoms with van der Waals surface area (Å²) in [5.74, 6) is -0.311. The van der Waals surface area contributed by atoms with Crippen LogP contribution in [0.3, 0.4) is 0 Å². The van der Waals surface area contributed by atoms with E-state index in [1.54, 1.807) is 36.0 Å². The summed E-state index contributed by atoms with van der Waals surface area (Å²) < 4.78 is 1.64. The minimum absolute atomic E-state index is 0.311. The molecule has 0 radical (unpaired) electrons. The molecule has 19 heavy (non-hydrogen) atoms. The van der Waals surface area contributed by atoms with E-state index < -0.39 is 0 Å². The number of halogens is 2. The molecule has 1 aromatic carbocycles. The van der Waals surface area contributed by atoms with Crippen molar-refractivity contribution in [2.75, 3.05) is 11.1 Å². The highest BCUT2D eigenvalue weighted by atomic mass is 35.5. The van der Waals surface area contributed by atoms with Crippen LogP contribution in [-0.4, -0.2) is 10.5 Å². The second kappa shape index (κ2) is 5.15. The van der Waals surface area contributed by atoms with Crippen LogP contribution < -0.4 is 11.1 Å².